The van der Waals surface area contributed by atoms with E-state index in [0.29, 0.717) is 9.90 Å². The number of nitrogens with one attached hydrogen (secondary N) is 1. The number of rotatable bonds is 2. The average molecular weight is 345 g/mol. The predicted molar refractivity (Wildman–Crippen MR) is 80.9 cm³/mol. The normalized spacial score (nSPS) is 10.4. The van der Waals surface area contributed by atoms with Gasteiger partial charge in [-0.2, -0.15) is 0 Å². The molecule has 1 aromatic carbocycles. The lowest BCUT2D eigenvalue weighted by atomic mass is 10.2. The Morgan fingerprint density at radius 2 is 2.06 bits per heavy atom. The fraction of sp³-hybridized carbons (Fsp3) is 0.154. The van der Waals surface area contributed by atoms with Crippen molar-refractivity contribution in [2.24, 2.45) is 0 Å². The molecule has 5 heteroatoms. The first-order valence-electron chi connectivity index (χ1n) is 5.30. The summed E-state index contributed by atoms with van der Waals surface area (Å²) in [7, 11) is 0. The Bertz CT molecular complexity index is 609. The maximum absolute atomic E-state index is 12.1. The van der Waals surface area contributed by atoms with Crippen LogP contribution in [0, 0.1) is 13.8 Å². The summed E-state index contributed by atoms with van der Waals surface area (Å²) >= 11 is 10.8. The maximum atomic E-state index is 12.1. The Labute approximate surface area is 123 Å². The second kappa shape index (κ2) is 5.43. The summed E-state index contributed by atoms with van der Waals surface area (Å²) in [5.41, 5.74) is 2.73. The van der Waals surface area contributed by atoms with Crippen molar-refractivity contribution >= 4 is 50.5 Å². The van der Waals surface area contributed by atoms with Crippen LogP contribution >= 0.6 is 38.9 Å². The zero-order chi connectivity index (χ0) is 13.3. The van der Waals surface area contributed by atoms with E-state index >= 15 is 0 Å². The van der Waals surface area contributed by atoms with E-state index in [9.17, 15) is 4.79 Å². The topological polar surface area (TPSA) is 29.1 Å². The first kappa shape index (κ1) is 13.6. The second-order valence-electron chi connectivity index (χ2n) is 3.98. The molecule has 0 bridgehead atoms. The lowest BCUT2D eigenvalue weighted by Crippen LogP contribution is -2.11. The summed E-state index contributed by atoms with van der Waals surface area (Å²) in [5.74, 6) is -0.163. The Hall–Kier alpha value is -0.840. The Balaban J connectivity index is 2.24. The minimum Gasteiger partial charge on any atom is -0.321 e. The van der Waals surface area contributed by atoms with Gasteiger partial charge in [0, 0.05) is 10.2 Å². The van der Waals surface area contributed by atoms with Crippen molar-refractivity contribution in [2.45, 2.75) is 13.8 Å². The highest BCUT2D eigenvalue weighted by atomic mass is 79.9. The number of benzene rings is 1. The molecule has 0 aliphatic rings. The molecule has 0 atom stereocenters. The number of amides is 1. The van der Waals surface area contributed by atoms with Crippen molar-refractivity contribution in [1.29, 1.82) is 0 Å². The fourth-order valence-electron chi connectivity index (χ4n) is 1.53. The van der Waals surface area contributed by atoms with E-state index in [4.69, 9.17) is 11.6 Å². The summed E-state index contributed by atoms with van der Waals surface area (Å²) in [4.78, 5) is 12.6. The molecule has 0 unspecified atom stereocenters. The SMILES string of the molecule is Cc1cc(Br)ccc1NC(=O)c1scc(C)c1Cl. The predicted octanol–water partition coefficient (Wildman–Crippen LogP) is 5.03. The van der Waals surface area contributed by atoms with Crippen molar-refractivity contribution in [3.8, 4) is 0 Å². The van der Waals surface area contributed by atoms with Crippen molar-refractivity contribution in [1.82, 2.24) is 0 Å². The number of hydrogen-bond acceptors (Lipinski definition) is 2. The van der Waals surface area contributed by atoms with Crippen molar-refractivity contribution in [2.75, 3.05) is 5.32 Å². The smallest absolute Gasteiger partial charge is 0.267 e. The molecule has 0 fully saturated rings. The molecule has 0 saturated carbocycles. The van der Waals surface area contributed by atoms with Gasteiger partial charge < -0.3 is 5.32 Å². The van der Waals surface area contributed by atoms with Gasteiger partial charge in [-0.1, -0.05) is 27.5 Å². The summed E-state index contributed by atoms with van der Waals surface area (Å²) < 4.78 is 0.989. The van der Waals surface area contributed by atoms with Gasteiger partial charge in [0.2, 0.25) is 0 Å². The molecular weight excluding hydrogens is 334 g/mol. The lowest BCUT2D eigenvalue weighted by Gasteiger charge is -2.08. The third-order valence-corrected chi connectivity index (χ3v) is 4.73. The van der Waals surface area contributed by atoms with Crippen LogP contribution in [0.4, 0.5) is 5.69 Å². The van der Waals surface area contributed by atoms with E-state index < -0.39 is 0 Å². The van der Waals surface area contributed by atoms with E-state index in [2.05, 4.69) is 21.2 Å². The van der Waals surface area contributed by atoms with Gasteiger partial charge >= 0.3 is 0 Å². The molecule has 0 saturated heterocycles. The van der Waals surface area contributed by atoms with Gasteiger partial charge in [-0.3, -0.25) is 4.79 Å². The number of halogens is 2. The Morgan fingerprint density at radius 1 is 1.33 bits per heavy atom. The third kappa shape index (κ3) is 2.76. The summed E-state index contributed by atoms with van der Waals surface area (Å²) in [6, 6.07) is 5.71. The van der Waals surface area contributed by atoms with Crippen LogP contribution in [0.25, 0.3) is 0 Å². The molecule has 94 valence electrons. The third-order valence-electron chi connectivity index (χ3n) is 2.54. The fourth-order valence-corrected chi connectivity index (χ4v) is 3.18. The van der Waals surface area contributed by atoms with Crippen molar-refractivity contribution in [3.63, 3.8) is 0 Å². The first-order valence-corrected chi connectivity index (χ1v) is 7.35. The molecule has 1 amide bonds. The summed E-state index contributed by atoms with van der Waals surface area (Å²) in [5, 5.41) is 5.29. The number of carbonyl (C=O) groups excluding carboxylic acids is 1. The van der Waals surface area contributed by atoms with Gasteiger partial charge in [-0.05, 0) is 48.6 Å². The standard InChI is InChI=1S/C13H11BrClNOS/c1-7-5-9(14)3-4-10(7)16-13(17)12-11(15)8(2)6-18-12/h3-6H,1-2H3,(H,16,17). The van der Waals surface area contributed by atoms with Crippen molar-refractivity contribution < 1.29 is 4.79 Å². The molecule has 1 heterocycles. The van der Waals surface area contributed by atoms with Crippen LogP contribution in [-0.4, -0.2) is 5.91 Å². The summed E-state index contributed by atoms with van der Waals surface area (Å²) in [6.45, 7) is 3.84. The minimum atomic E-state index is -0.163. The highest BCUT2D eigenvalue weighted by Crippen LogP contribution is 2.28. The van der Waals surface area contributed by atoms with Crippen LogP contribution in [0.3, 0.4) is 0 Å². The molecule has 0 aliphatic carbocycles. The van der Waals surface area contributed by atoms with Crippen LogP contribution in [-0.2, 0) is 0 Å². The highest BCUT2D eigenvalue weighted by molar-refractivity contribution is 9.10. The molecule has 0 radical (unpaired) electrons. The van der Waals surface area contributed by atoms with Gasteiger partial charge in [0.25, 0.3) is 5.91 Å². The molecule has 18 heavy (non-hydrogen) atoms. The first-order chi connectivity index (χ1) is 8.49. The van der Waals surface area contributed by atoms with Gasteiger partial charge in [0.05, 0.1) is 5.02 Å². The molecule has 1 N–H and O–H groups in total. The van der Waals surface area contributed by atoms with E-state index in [0.717, 1.165) is 21.3 Å². The van der Waals surface area contributed by atoms with Crippen LogP contribution < -0.4 is 5.32 Å². The number of hydrogen-bond donors (Lipinski definition) is 1. The van der Waals surface area contributed by atoms with Crippen LogP contribution in [0.1, 0.15) is 20.8 Å². The molecule has 2 aromatic rings. The molecular formula is C13H11BrClNOS. The van der Waals surface area contributed by atoms with Gasteiger partial charge in [-0.25, -0.2) is 0 Å². The molecule has 0 aliphatic heterocycles. The largest absolute Gasteiger partial charge is 0.321 e. The minimum absolute atomic E-state index is 0.163. The number of thiophene rings is 1. The number of carbonyl (C=O) groups is 1. The zero-order valence-electron chi connectivity index (χ0n) is 9.88. The van der Waals surface area contributed by atoms with Crippen LogP contribution in [0.15, 0.2) is 28.1 Å². The molecule has 0 spiro atoms. The van der Waals surface area contributed by atoms with E-state index in [1.165, 1.54) is 11.3 Å². The van der Waals surface area contributed by atoms with Gasteiger partial charge in [0.1, 0.15) is 4.88 Å². The van der Waals surface area contributed by atoms with E-state index in [1.54, 1.807) is 0 Å². The van der Waals surface area contributed by atoms with E-state index in [1.807, 2.05) is 37.4 Å². The zero-order valence-corrected chi connectivity index (χ0v) is 13.0. The Morgan fingerprint density at radius 3 is 2.61 bits per heavy atom. The monoisotopic (exact) mass is 343 g/mol. The average Bonchev–Trinajstić information content (AvgIpc) is 2.64. The lowest BCUT2D eigenvalue weighted by molar-refractivity contribution is 0.103. The van der Waals surface area contributed by atoms with Crippen LogP contribution in [0.5, 0.6) is 0 Å². The number of anilines is 1. The van der Waals surface area contributed by atoms with Crippen LogP contribution in [0.2, 0.25) is 5.02 Å². The van der Waals surface area contributed by atoms with E-state index in [-0.39, 0.29) is 5.91 Å². The highest BCUT2D eigenvalue weighted by Gasteiger charge is 2.15. The molecule has 2 nitrogen and oxygen atoms in total. The molecule has 1 aromatic heterocycles. The summed E-state index contributed by atoms with van der Waals surface area (Å²) in [6.07, 6.45) is 0. The quantitative estimate of drug-likeness (QED) is 0.813. The molecule has 2 rings (SSSR count). The van der Waals surface area contributed by atoms with Gasteiger partial charge in [-0.15, -0.1) is 11.3 Å². The Kier molecular flexibility index (Phi) is 4.10. The van der Waals surface area contributed by atoms with Crippen molar-refractivity contribution in [3.05, 3.63) is 49.1 Å². The maximum Gasteiger partial charge on any atom is 0.267 e. The number of aryl methyl sites for hydroxylation is 2. The second-order valence-corrected chi connectivity index (χ2v) is 6.15. The van der Waals surface area contributed by atoms with Gasteiger partial charge in [0.15, 0.2) is 0 Å².